The molecule has 1 atom stereocenters. The lowest BCUT2D eigenvalue weighted by molar-refractivity contribution is -0.140. The summed E-state index contributed by atoms with van der Waals surface area (Å²) in [6.45, 7) is 6.89. The molecule has 0 saturated carbocycles. The van der Waals surface area contributed by atoms with Crippen LogP contribution in [0.25, 0.3) is 0 Å². The molecule has 0 aliphatic rings. The van der Waals surface area contributed by atoms with E-state index in [1.165, 1.54) is 11.0 Å². The molecule has 174 valence electrons. The summed E-state index contributed by atoms with van der Waals surface area (Å²) in [5.41, 5.74) is 0.622. The van der Waals surface area contributed by atoms with Crippen LogP contribution in [0.2, 0.25) is 5.02 Å². The standard InChI is InChI=1S/C23H30ClN3O4S/c1-17(22(29)25-23(2,3)4)26(15-18-10-7-6-8-11-18)21(28)16-27(32(5,30)31)20-13-9-12-19(24)14-20/h6-14,17H,15-16H2,1-5H3,(H,25,29)/t17-/m1/s1. The zero-order valence-corrected chi connectivity index (χ0v) is 20.6. The average molecular weight is 480 g/mol. The van der Waals surface area contributed by atoms with Gasteiger partial charge in [-0.2, -0.15) is 0 Å². The highest BCUT2D eigenvalue weighted by Gasteiger charge is 2.31. The largest absolute Gasteiger partial charge is 0.350 e. The van der Waals surface area contributed by atoms with Gasteiger partial charge >= 0.3 is 0 Å². The van der Waals surface area contributed by atoms with E-state index >= 15 is 0 Å². The molecule has 32 heavy (non-hydrogen) atoms. The minimum atomic E-state index is -3.78. The Hall–Kier alpha value is -2.58. The van der Waals surface area contributed by atoms with E-state index < -0.39 is 34.1 Å². The molecule has 2 rings (SSSR count). The normalized spacial score (nSPS) is 12.7. The second kappa shape index (κ2) is 10.4. The summed E-state index contributed by atoms with van der Waals surface area (Å²) in [7, 11) is -3.78. The van der Waals surface area contributed by atoms with Crippen molar-refractivity contribution in [2.75, 3.05) is 17.1 Å². The van der Waals surface area contributed by atoms with E-state index in [0.717, 1.165) is 16.1 Å². The average Bonchev–Trinajstić information content (AvgIpc) is 2.68. The van der Waals surface area contributed by atoms with Crippen molar-refractivity contribution in [2.45, 2.75) is 45.8 Å². The number of carbonyl (C=O) groups is 2. The highest BCUT2D eigenvalue weighted by Crippen LogP contribution is 2.22. The quantitative estimate of drug-likeness (QED) is 0.628. The fraction of sp³-hybridized carbons (Fsp3) is 0.391. The minimum absolute atomic E-state index is 0.158. The molecule has 0 radical (unpaired) electrons. The smallest absolute Gasteiger partial charge is 0.244 e. The van der Waals surface area contributed by atoms with Gasteiger partial charge in [0.2, 0.25) is 21.8 Å². The van der Waals surface area contributed by atoms with Crippen LogP contribution in [-0.4, -0.2) is 49.5 Å². The lowest BCUT2D eigenvalue weighted by Crippen LogP contribution is -2.54. The predicted molar refractivity (Wildman–Crippen MR) is 128 cm³/mol. The third-order valence-electron chi connectivity index (χ3n) is 4.64. The van der Waals surface area contributed by atoms with Crippen molar-refractivity contribution in [2.24, 2.45) is 0 Å². The number of benzene rings is 2. The molecule has 0 saturated heterocycles. The number of rotatable bonds is 8. The van der Waals surface area contributed by atoms with Crippen molar-refractivity contribution in [3.63, 3.8) is 0 Å². The fourth-order valence-corrected chi connectivity index (χ4v) is 4.11. The third-order valence-corrected chi connectivity index (χ3v) is 6.01. The van der Waals surface area contributed by atoms with Crippen LogP contribution in [0.5, 0.6) is 0 Å². The van der Waals surface area contributed by atoms with Crippen LogP contribution in [-0.2, 0) is 26.2 Å². The molecule has 2 amide bonds. The van der Waals surface area contributed by atoms with Crippen molar-refractivity contribution in [1.29, 1.82) is 0 Å². The van der Waals surface area contributed by atoms with Gasteiger partial charge in [0, 0.05) is 17.1 Å². The van der Waals surface area contributed by atoms with Crippen LogP contribution in [0.4, 0.5) is 5.69 Å². The van der Waals surface area contributed by atoms with Crippen molar-refractivity contribution in [1.82, 2.24) is 10.2 Å². The maximum Gasteiger partial charge on any atom is 0.244 e. The molecule has 0 fully saturated rings. The summed E-state index contributed by atoms with van der Waals surface area (Å²) in [6.07, 6.45) is 1.03. The van der Waals surface area contributed by atoms with E-state index in [0.29, 0.717) is 5.02 Å². The van der Waals surface area contributed by atoms with Gasteiger partial charge in [-0.1, -0.05) is 48.0 Å². The summed E-state index contributed by atoms with van der Waals surface area (Å²) in [5.74, 6) is -0.828. The molecule has 0 aromatic heterocycles. The number of anilines is 1. The Morgan fingerprint density at radius 2 is 1.69 bits per heavy atom. The summed E-state index contributed by atoms with van der Waals surface area (Å²) in [5, 5.41) is 3.23. The first kappa shape index (κ1) is 25.7. The Bertz CT molecular complexity index is 1050. The van der Waals surface area contributed by atoms with Gasteiger partial charge in [0.05, 0.1) is 11.9 Å². The van der Waals surface area contributed by atoms with E-state index in [-0.39, 0.29) is 18.1 Å². The third kappa shape index (κ3) is 7.53. The molecular formula is C23H30ClN3O4S. The van der Waals surface area contributed by atoms with Gasteiger partial charge in [-0.25, -0.2) is 8.42 Å². The number of hydrogen-bond donors (Lipinski definition) is 1. The van der Waals surface area contributed by atoms with Gasteiger partial charge in [0.15, 0.2) is 0 Å². The van der Waals surface area contributed by atoms with Crippen molar-refractivity contribution in [3.05, 3.63) is 65.2 Å². The number of amides is 2. The zero-order valence-electron chi connectivity index (χ0n) is 19.0. The van der Waals surface area contributed by atoms with Crippen LogP contribution in [0.1, 0.15) is 33.3 Å². The van der Waals surface area contributed by atoms with Crippen LogP contribution >= 0.6 is 11.6 Å². The van der Waals surface area contributed by atoms with Gasteiger partial charge in [0.1, 0.15) is 12.6 Å². The van der Waals surface area contributed by atoms with Crippen molar-refractivity contribution >= 4 is 39.1 Å². The summed E-state index contributed by atoms with van der Waals surface area (Å²) >= 11 is 6.03. The second-order valence-electron chi connectivity index (χ2n) is 8.67. The Labute approximate surface area is 195 Å². The van der Waals surface area contributed by atoms with E-state index in [1.54, 1.807) is 25.1 Å². The second-order valence-corrected chi connectivity index (χ2v) is 11.0. The first-order valence-corrected chi connectivity index (χ1v) is 12.4. The Morgan fingerprint density at radius 3 is 2.22 bits per heavy atom. The Kier molecular flexibility index (Phi) is 8.31. The molecule has 0 heterocycles. The molecule has 0 bridgehead atoms. The summed E-state index contributed by atoms with van der Waals surface area (Å²) in [6, 6.07) is 14.7. The first-order valence-electron chi connectivity index (χ1n) is 10.2. The SMILES string of the molecule is C[C@H](C(=O)NC(C)(C)C)N(Cc1ccccc1)C(=O)CN(c1cccc(Cl)c1)S(C)(=O)=O. The number of nitrogens with one attached hydrogen (secondary N) is 1. The first-order chi connectivity index (χ1) is 14.8. The van der Waals surface area contributed by atoms with E-state index in [1.807, 2.05) is 51.1 Å². The number of sulfonamides is 1. The molecular weight excluding hydrogens is 450 g/mol. The van der Waals surface area contributed by atoms with Gasteiger partial charge < -0.3 is 10.2 Å². The van der Waals surface area contributed by atoms with Crippen molar-refractivity contribution < 1.29 is 18.0 Å². The molecule has 0 aliphatic carbocycles. The topological polar surface area (TPSA) is 86.8 Å². The zero-order chi connectivity index (χ0) is 24.1. The maximum absolute atomic E-state index is 13.4. The highest BCUT2D eigenvalue weighted by atomic mass is 35.5. The van der Waals surface area contributed by atoms with Crippen LogP contribution in [0.3, 0.4) is 0 Å². The van der Waals surface area contributed by atoms with Crippen LogP contribution in [0.15, 0.2) is 54.6 Å². The molecule has 0 unspecified atom stereocenters. The van der Waals surface area contributed by atoms with Crippen LogP contribution < -0.4 is 9.62 Å². The molecule has 7 nitrogen and oxygen atoms in total. The van der Waals surface area contributed by atoms with Crippen molar-refractivity contribution in [3.8, 4) is 0 Å². The summed E-state index contributed by atoms with van der Waals surface area (Å²) in [4.78, 5) is 27.6. The number of halogens is 1. The monoisotopic (exact) mass is 479 g/mol. The lowest BCUT2D eigenvalue weighted by atomic mass is 10.1. The molecule has 2 aromatic carbocycles. The molecule has 9 heteroatoms. The Morgan fingerprint density at radius 1 is 1.06 bits per heavy atom. The molecule has 2 aromatic rings. The Balaban J connectivity index is 2.38. The lowest BCUT2D eigenvalue weighted by Gasteiger charge is -2.33. The van der Waals surface area contributed by atoms with E-state index in [4.69, 9.17) is 11.6 Å². The molecule has 0 aliphatic heterocycles. The van der Waals surface area contributed by atoms with Gasteiger partial charge in [0.25, 0.3) is 0 Å². The van der Waals surface area contributed by atoms with Gasteiger partial charge in [-0.15, -0.1) is 0 Å². The van der Waals surface area contributed by atoms with E-state index in [9.17, 15) is 18.0 Å². The highest BCUT2D eigenvalue weighted by molar-refractivity contribution is 7.92. The minimum Gasteiger partial charge on any atom is -0.350 e. The van der Waals surface area contributed by atoms with Crippen LogP contribution in [0, 0.1) is 0 Å². The molecule has 0 spiro atoms. The molecule has 1 N–H and O–H groups in total. The van der Waals surface area contributed by atoms with Gasteiger partial charge in [-0.3, -0.25) is 13.9 Å². The summed E-state index contributed by atoms with van der Waals surface area (Å²) < 4.78 is 26.0. The maximum atomic E-state index is 13.4. The fourth-order valence-electron chi connectivity index (χ4n) is 3.08. The van der Waals surface area contributed by atoms with E-state index in [2.05, 4.69) is 5.32 Å². The predicted octanol–water partition coefficient (Wildman–Crippen LogP) is 3.44. The van der Waals surface area contributed by atoms with Gasteiger partial charge in [-0.05, 0) is 51.5 Å². The number of hydrogen-bond acceptors (Lipinski definition) is 4. The number of nitrogens with zero attached hydrogens (tertiary/aromatic N) is 2. The number of carbonyl (C=O) groups excluding carboxylic acids is 2.